The topological polar surface area (TPSA) is 25.8 Å². The van der Waals surface area contributed by atoms with Crippen molar-refractivity contribution in [1.82, 2.24) is 9.97 Å². The van der Waals surface area contributed by atoms with E-state index in [0.29, 0.717) is 0 Å². The average Bonchev–Trinajstić information content (AvgIpc) is 2.18. The van der Waals surface area contributed by atoms with E-state index in [1.807, 2.05) is 24.3 Å². The molecule has 0 N–H and O–H groups in total. The Balaban J connectivity index is 2.77. The van der Waals surface area contributed by atoms with Crippen molar-refractivity contribution in [2.45, 2.75) is 13.3 Å². The van der Waals surface area contributed by atoms with Crippen molar-refractivity contribution in [3.05, 3.63) is 34.7 Å². The number of rotatable bonds is 1. The maximum Gasteiger partial charge on any atom is 0.130 e. The number of aromatic nitrogens is 2. The summed E-state index contributed by atoms with van der Waals surface area (Å²) in [5.41, 5.74) is 1.00. The third-order valence-corrected chi connectivity index (χ3v) is 2.52. The molecule has 1 aromatic heterocycles. The lowest BCUT2D eigenvalue weighted by Crippen LogP contribution is -1.94. The van der Waals surface area contributed by atoms with Crippen molar-refractivity contribution in [3.63, 3.8) is 0 Å². The quantitative estimate of drug-likeness (QED) is 0.712. The van der Waals surface area contributed by atoms with Crippen LogP contribution >= 0.6 is 15.9 Å². The average molecular weight is 237 g/mol. The summed E-state index contributed by atoms with van der Waals surface area (Å²) < 4.78 is 0.884. The third kappa shape index (κ3) is 1.56. The molecule has 2 rings (SSSR count). The van der Waals surface area contributed by atoms with Gasteiger partial charge < -0.3 is 0 Å². The fourth-order valence-corrected chi connectivity index (χ4v) is 1.78. The largest absolute Gasteiger partial charge is 0.233 e. The summed E-state index contributed by atoms with van der Waals surface area (Å²) in [6.07, 6.45) is 0.865. The first-order valence-corrected chi connectivity index (χ1v) is 5.01. The molecule has 1 heterocycles. The summed E-state index contributed by atoms with van der Waals surface area (Å²) >= 11 is 3.44. The second-order valence-electron chi connectivity index (χ2n) is 2.80. The summed E-state index contributed by atoms with van der Waals surface area (Å²) in [4.78, 5) is 8.74. The summed E-state index contributed by atoms with van der Waals surface area (Å²) in [6.45, 7) is 2.05. The highest BCUT2D eigenvalue weighted by Gasteiger charge is 2.02. The Hall–Kier alpha value is -0.960. The van der Waals surface area contributed by atoms with Gasteiger partial charge in [-0.1, -0.05) is 25.1 Å². The highest BCUT2D eigenvalue weighted by atomic mass is 79.9. The van der Waals surface area contributed by atoms with E-state index in [-0.39, 0.29) is 0 Å². The van der Waals surface area contributed by atoms with E-state index in [2.05, 4.69) is 32.8 Å². The maximum absolute atomic E-state index is 4.41. The summed E-state index contributed by atoms with van der Waals surface area (Å²) in [5, 5.41) is 1.07. The number of halogens is 1. The minimum atomic E-state index is 0.865. The van der Waals surface area contributed by atoms with Crippen LogP contribution in [0.3, 0.4) is 0 Å². The molecule has 0 saturated heterocycles. The van der Waals surface area contributed by atoms with Crippen LogP contribution in [0.1, 0.15) is 12.7 Å². The summed E-state index contributed by atoms with van der Waals surface area (Å²) in [6, 6.07) is 7.99. The molecule has 0 atom stereocenters. The molecule has 0 aliphatic heterocycles. The Morgan fingerprint density at radius 3 is 2.77 bits per heavy atom. The maximum atomic E-state index is 4.41. The van der Waals surface area contributed by atoms with Gasteiger partial charge in [-0.25, -0.2) is 9.97 Å². The summed E-state index contributed by atoms with van der Waals surface area (Å²) in [5.74, 6) is 0.880. The first-order valence-electron chi connectivity index (χ1n) is 4.22. The van der Waals surface area contributed by atoms with Crippen LogP contribution in [0, 0.1) is 0 Å². The normalized spacial score (nSPS) is 10.6. The van der Waals surface area contributed by atoms with E-state index in [9.17, 15) is 0 Å². The van der Waals surface area contributed by atoms with E-state index in [4.69, 9.17) is 0 Å². The van der Waals surface area contributed by atoms with Crippen molar-refractivity contribution in [2.24, 2.45) is 0 Å². The van der Waals surface area contributed by atoms with Crippen molar-refractivity contribution < 1.29 is 0 Å². The minimum Gasteiger partial charge on any atom is -0.233 e. The number of hydrogen-bond acceptors (Lipinski definition) is 2. The monoisotopic (exact) mass is 236 g/mol. The minimum absolute atomic E-state index is 0.865. The zero-order valence-electron chi connectivity index (χ0n) is 7.29. The van der Waals surface area contributed by atoms with Crippen molar-refractivity contribution >= 4 is 26.8 Å². The molecule has 2 nitrogen and oxygen atoms in total. The number of aryl methyl sites for hydroxylation is 1. The van der Waals surface area contributed by atoms with E-state index >= 15 is 0 Å². The van der Waals surface area contributed by atoms with Crippen molar-refractivity contribution in [2.75, 3.05) is 0 Å². The standard InChI is InChI=1S/C10H9BrN2/c1-2-9-12-8-6-4-3-5-7(8)10(11)13-9/h3-6H,2H2,1H3. The molecular weight excluding hydrogens is 228 g/mol. The van der Waals surface area contributed by atoms with Gasteiger partial charge in [0.25, 0.3) is 0 Å². The molecule has 0 radical (unpaired) electrons. The molecule has 66 valence electrons. The van der Waals surface area contributed by atoms with Crippen LogP contribution in [0.4, 0.5) is 0 Å². The fourth-order valence-electron chi connectivity index (χ4n) is 1.24. The highest BCUT2D eigenvalue weighted by molar-refractivity contribution is 9.10. The molecule has 2 aromatic rings. The van der Waals surface area contributed by atoms with E-state index in [1.54, 1.807) is 0 Å². The first kappa shape index (κ1) is 8.63. The zero-order chi connectivity index (χ0) is 9.26. The predicted molar refractivity (Wildman–Crippen MR) is 56.6 cm³/mol. The number of nitrogens with zero attached hydrogens (tertiary/aromatic N) is 2. The molecule has 0 bridgehead atoms. The molecule has 0 unspecified atom stereocenters. The fraction of sp³-hybridized carbons (Fsp3) is 0.200. The predicted octanol–water partition coefficient (Wildman–Crippen LogP) is 2.95. The summed E-state index contributed by atoms with van der Waals surface area (Å²) in [7, 11) is 0. The van der Waals surface area contributed by atoms with Crippen LogP contribution in [-0.2, 0) is 6.42 Å². The van der Waals surface area contributed by atoms with Gasteiger partial charge in [-0.2, -0.15) is 0 Å². The van der Waals surface area contributed by atoms with Gasteiger partial charge in [0.15, 0.2) is 0 Å². The Morgan fingerprint density at radius 2 is 2.00 bits per heavy atom. The van der Waals surface area contributed by atoms with Gasteiger partial charge in [0.1, 0.15) is 10.4 Å². The van der Waals surface area contributed by atoms with E-state index in [0.717, 1.165) is 27.8 Å². The number of para-hydroxylation sites is 1. The molecule has 1 aromatic carbocycles. The van der Waals surface area contributed by atoms with Crippen LogP contribution < -0.4 is 0 Å². The Morgan fingerprint density at radius 1 is 1.23 bits per heavy atom. The van der Waals surface area contributed by atoms with Crippen molar-refractivity contribution in [3.8, 4) is 0 Å². The van der Waals surface area contributed by atoms with Crippen LogP contribution in [0.2, 0.25) is 0 Å². The first-order chi connectivity index (χ1) is 6.31. The van der Waals surface area contributed by atoms with Gasteiger partial charge >= 0.3 is 0 Å². The Labute approximate surface area is 85.1 Å². The molecule has 0 spiro atoms. The second-order valence-corrected chi connectivity index (χ2v) is 3.55. The third-order valence-electron chi connectivity index (χ3n) is 1.92. The zero-order valence-corrected chi connectivity index (χ0v) is 8.87. The van der Waals surface area contributed by atoms with Crippen molar-refractivity contribution in [1.29, 1.82) is 0 Å². The highest BCUT2D eigenvalue weighted by Crippen LogP contribution is 2.20. The Kier molecular flexibility index (Phi) is 2.27. The number of fused-ring (bicyclic) bond motifs is 1. The van der Waals surface area contributed by atoms with Gasteiger partial charge in [-0.3, -0.25) is 0 Å². The number of hydrogen-bond donors (Lipinski definition) is 0. The molecule has 0 aliphatic rings. The van der Waals surface area contributed by atoms with Crippen LogP contribution in [0.5, 0.6) is 0 Å². The molecule has 3 heteroatoms. The van der Waals surface area contributed by atoms with E-state index < -0.39 is 0 Å². The molecule has 0 fully saturated rings. The molecule has 0 amide bonds. The second kappa shape index (κ2) is 3.42. The number of benzene rings is 1. The van der Waals surface area contributed by atoms with Gasteiger partial charge in [-0.15, -0.1) is 0 Å². The van der Waals surface area contributed by atoms with Gasteiger partial charge in [0, 0.05) is 11.8 Å². The van der Waals surface area contributed by atoms with Crippen LogP contribution in [0.15, 0.2) is 28.9 Å². The molecule has 0 saturated carbocycles. The molecular formula is C10H9BrN2. The lowest BCUT2D eigenvalue weighted by Gasteiger charge is -2.01. The molecule has 0 aliphatic carbocycles. The van der Waals surface area contributed by atoms with Gasteiger partial charge in [0.05, 0.1) is 5.52 Å². The lowest BCUT2D eigenvalue weighted by atomic mass is 10.2. The SMILES string of the molecule is CCc1nc(Br)c2ccccc2n1. The van der Waals surface area contributed by atoms with Gasteiger partial charge in [0.2, 0.25) is 0 Å². The lowest BCUT2D eigenvalue weighted by molar-refractivity contribution is 0.951. The van der Waals surface area contributed by atoms with E-state index in [1.165, 1.54) is 0 Å². The molecule has 13 heavy (non-hydrogen) atoms. The van der Waals surface area contributed by atoms with Crippen LogP contribution in [0.25, 0.3) is 10.9 Å². The Bertz CT molecular complexity index is 440. The van der Waals surface area contributed by atoms with Gasteiger partial charge in [-0.05, 0) is 22.0 Å². The van der Waals surface area contributed by atoms with Crippen LogP contribution in [-0.4, -0.2) is 9.97 Å². The smallest absolute Gasteiger partial charge is 0.130 e.